The number of nitrogens with one attached hydrogen (secondary N) is 1. The highest BCUT2D eigenvalue weighted by Gasteiger charge is 2.12. The number of rotatable bonds is 4. The monoisotopic (exact) mass is 339 g/mol. The summed E-state index contributed by atoms with van der Waals surface area (Å²) in [4.78, 5) is 11.3. The largest absolute Gasteiger partial charge is 0.356 e. The van der Waals surface area contributed by atoms with E-state index in [1.165, 1.54) is 38.2 Å². The van der Waals surface area contributed by atoms with Gasteiger partial charge in [0.1, 0.15) is 0 Å². The van der Waals surface area contributed by atoms with E-state index in [-0.39, 0.29) is 5.91 Å². The fourth-order valence-electron chi connectivity index (χ4n) is 3.66. The zero-order valence-electron chi connectivity index (χ0n) is 14.8. The molecule has 0 aromatic heterocycles. The molecule has 0 saturated heterocycles. The summed E-state index contributed by atoms with van der Waals surface area (Å²) in [6, 6.07) is 27.9. The molecule has 0 aliphatic rings. The minimum absolute atomic E-state index is 0.0116. The van der Waals surface area contributed by atoms with E-state index >= 15 is 0 Å². The van der Waals surface area contributed by atoms with E-state index in [0.29, 0.717) is 6.54 Å². The SMILES string of the molecule is CC(=O)NCCc1ccc2ccccc2c1-c1cccc2ccccc12. The molecule has 0 unspecified atom stereocenters. The lowest BCUT2D eigenvalue weighted by molar-refractivity contribution is -0.118. The molecule has 0 aliphatic carbocycles. The first-order chi connectivity index (χ1) is 12.7. The molecule has 2 heteroatoms. The molecule has 0 bridgehead atoms. The zero-order valence-corrected chi connectivity index (χ0v) is 14.8. The second kappa shape index (κ2) is 7.01. The van der Waals surface area contributed by atoms with Crippen LogP contribution in [0.5, 0.6) is 0 Å². The zero-order chi connectivity index (χ0) is 17.9. The molecule has 1 amide bonds. The lowest BCUT2D eigenvalue weighted by atomic mass is 9.89. The Labute approximate surface area is 153 Å². The van der Waals surface area contributed by atoms with Crippen LogP contribution in [0.4, 0.5) is 0 Å². The summed E-state index contributed by atoms with van der Waals surface area (Å²) in [7, 11) is 0. The molecule has 0 fully saturated rings. The normalized spacial score (nSPS) is 11.0. The molecule has 1 N–H and O–H groups in total. The summed E-state index contributed by atoms with van der Waals surface area (Å²) in [6.45, 7) is 2.21. The van der Waals surface area contributed by atoms with E-state index < -0.39 is 0 Å². The molecule has 128 valence electrons. The second-order valence-corrected chi connectivity index (χ2v) is 6.58. The van der Waals surface area contributed by atoms with Crippen molar-refractivity contribution in [1.82, 2.24) is 5.32 Å². The number of carbonyl (C=O) groups is 1. The van der Waals surface area contributed by atoms with Gasteiger partial charge in [0.05, 0.1) is 0 Å². The highest BCUT2D eigenvalue weighted by Crippen LogP contribution is 2.36. The molecular weight excluding hydrogens is 318 g/mol. The Bertz CT molecular complexity index is 1090. The first kappa shape index (κ1) is 16.3. The van der Waals surface area contributed by atoms with Crippen LogP contribution in [0.25, 0.3) is 32.7 Å². The van der Waals surface area contributed by atoms with Crippen molar-refractivity contribution in [2.75, 3.05) is 6.54 Å². The molecule has 0 heterocycles. The van der Waals surface area contributed by atoms with Crippen LogP contribution in [0.3, 0.4) is 0 Å². The number of amides is 1. The molecule has 0 aliphatic heterocycles. The van der Waals surface area contributed by atoms with E-state index in [1.807, 2.05) is 0 Å². The molecule has 4 aromatic carbocycles. The van der Waals surface area contributed by atoms with Crippen molar-refractivity contribution < 1.29 is 4.79 Å². The van der Waals surface area contributed by atoms with Crippen LogP contribution in [0, 0.1) is 0 Å². The lowest BCUT2D eigenvalue weighted by Gasteiger charge is -2.16. The summed E-state index contributed by atoms with van der Waals surface area (Å²) in [5.41, 5.74) is 3.77. The smallest absolute Gasteiger partial charge is 0.216 e. The molecule has 26 heavy (non-hydrogen) atoms. The van der Waals surface area contributed by atoms with Gasteiger partial charge >= 0.3 is 0 Å². The molecule has 0 saturated carbocycles. The average molecular weight is 339 g/mol. The maximum absolute atomic E-state index is 11.3. The maximum atomic E-state index is 11.3. The van der Waals surface area contributed by atoms with Crippen molar-refractivity contribution in [3.8, 4) is 11.1 Å². The van der Waals surface area contributed by atoms with E-state index in [9.17, 15) is 4.79 Å². The third kappa shape index (κ3) is 3.06. The summed E-state index contributed by atoms with van der Waals surface area (Å²) in [5.74, 6) is 0.0116. The molecule has 4 rings (SSSR count). The minimum Gasteiger partial charge on any atom is -0.356 e. The van der Waals surface area contributed by atoms with Gasteiger partial charge in [-0.05, 0) is 44.7 Å². The van der Waals surface area contributed by atoms with Crippen LogP contribution in [-0.4, -0.2) is 12.5 Å². The standard InChI is InChI=1S/C24H21NO/c1-17(26)25-16-15-20-14-13-19-8-3-5-11-22(19)24(20)23-12-6-9-18-7-2-4-10-21(18)23/h2-14H,15-16H2,1H3,(H,25,26). The van der Waals surface area contributed by atoms with Gasteiger partial charge in [0.15, 0.2) is 0 Å². The Morgan fingerprint density at radius 1 is 0.769 bits per heavy atom. The van der Waals surface area contributed by atoms with Crippen LogP contribution in [0.15, 0.2) is 78.9 Å². The van der Waals surface area contributed by atoms with Crippen molar-refractivity contribution in [3.63, 3.8) is 0 Å². The van der Waals surface area contributed by atoms with E-state index in [0.717, 1.165) is 6.42 Å². The average Bonchev–Trinajstić information content (AvgIpc) is 2.67. The molecule has 0 spiro atoms. The van der Waals surface area contributed by atoms with E-state index in [1.54, 1.807) is 6.92 Å². The summed E-state index contributed by atoms with van der Waals surface area (Å²) >= 11 is 0. The number of fused-ring (bicyclic) bond motifs is 2. The highest BCUT2D eigenvalue weighted by molar-refractivity contribution is 6.06. The van der Waals surface area contributed by atoms with Crippen LogP contribution < -0.4 is 5.32 Å². The first-order valence-electron chi connectivity index (χ1n) is 8.97. The predicted molar refractivity (Wildman–Crippen MR) is 109 cm³/mol. The fourth-order valence-corrected chi connectivity index (χ4v) is 3.66. The molecule has 2 nitrogen and oxygen atoms in total. The number of hydrogen-bond donors (Lipinski definition) is 1. The van der Waals surface area contributed by atoms with Gasteiger partial charge in [0.2, 0.25) is 5.91 Å². The van der Waals surface area contributed by atoms with Crippen LogP contribution in [-0.2, 0) is 11.2 Å². The van der Waals surface area contributed by atoms with Crippen LogP contribution in [0.1, 0.15) is 12.5 Å². The number of benzene rings is 4. The molecule has 0 radical (unpaired) electrons. The first-order valence-corrected chi connectivity index (χ1v) is 8.97. The Morgan fingerprint density at radius 2 is 1.42 bits per heavy atom. The van der Waals surface area contributed by atoms with Crippen molar-refractivity contribution >= 4 is 27.5 Å². The van der Waals surface area contributed by atoms with Crippen molar-refractivity contribution in [3.05, 3.63) is 84.4 Å². The Morgan fingerprint density at radius 3 is 2.19 bits per heavy atom. The fraction of sp³-hybridized carbons (Fsp3) is 0.125. The third-order valence-electron chi connectivity index (χ3n) is 4.84. The number of hydrogen-bond acceptors (Lipinski definition) is 1. The van der Waals surface area contributed by atoms with Gasteiger partial charge in [-0.1, -0.05) is 78.9 Å². The van der Waals surface area contributed by atoms with Gasteiger partial charge in [0.25, 0.3) is 0 Å². The van der Waals surface area contributed by atoms with Gasteiger partial charge < -0.3 is 5.32 Å². The van der Waals surface area contributed by atoms with Gasteiger partial charge in [0, 0.05) is 13.5 Å². The van der Waals surface area contributed by atoms with Crippen LogP contribution >= 0.6 is 0 Å². The van der Waals surface area contributed by atoms with Gasteiger partial charge in [-0.2, -0.15) is 0 Å². The van der Waals surface area contributed by atoms with Gasteiger partial charge in [-0.15, -0.1) is 0 Å². The quantitative estimate of drug-likeness (QED) is 0.534. The third-order valence-corrected chi connectivity index (χ3v) is 4.84. The summed E-state index contributed by atoms with van der Waals surface area (Å²) < 4.78 is 0. The Hall–Kier alpha value is -3.13. The van der Waals surface area contributed by atoms with Crippen LogP contribution in [0.2, 0.25) is 0 Å². The Kier molecular flexibility index (Phi) is 4.40. The van der Waals surface area contributed by atoms with Crippen molar-refractivity contribution in [2.24, 2.45) is 0 Å². The Balaban J connectivity index is 1.95. The van der Waals surface area contributed by atoms with Crippen molar-refractivity contribution in [1.29, 1.82) is 0 Å². The second-order valence-electron chi connectivity index (χ2n) is 6.58. The van der Waals surface area contributed by atoms with Gasteiger partial charge in [-0.3, -0.25) is 4.79 Å². The molecular formula is C24H21NO. The summed E-state index contributed by atoms with van der Waals surface area (Å²) in [6.07, 6.45) is 0.809. The van der Waals surface area contributed by atoms with E-state index in [4.69, 9.17) is 0 Å². The summed E-state index contributed by atoms with van der Waals surface area (Å²) in [5, 5.41) is 7.91. The van der Waals surface area contributed by atoms with E-state index in [2.05, 4.69) is 84.2 Å². The highest BCUT2D eigenvalue weighted by atomic mass is 16.1. The molecule has 4 aromatic rings. The minimum atomic E-state index is 0.0116. The molecule has 0 atom stereocenters. The number of carbonyl (C=O) groups excluding carboxylic acids is 1. The van der Waals surface area contributed by atoms with Crippen molar-refractivity contribution in [2.45, 2.75) is 13.3 Å². The van der Waals surface area contributed by atoms with Gasteiger partial charge in [-0.25, -0.2) is 0 Å². The maximum Gasteiger partial charge on any atom is 0.216 e. The lowest BCUT2D eigenvalue weighted by Crippen LogP contribution is -2.22. The topological polar surface area (TPSA) is 29.1 Å². The predicted octanol–water partition coefficient (Wildman–Crippen LogP) is 5.34.